The van der Waals surface area contributed by atoms with Crippen LogP contribution in [0.3, 0.4) is 0 Å². The predicted molar refractivity (Wildman–Crippen MR) is 218 cm³/mol. The van der Waals surface area contributed by atoms with Crippen LogP contribution in [0, 0.1) is 23.7 Å². The minimum atomic E-state index is -1.39. The number of rotatable bonds is 8. The van der Waals surface area contributed by atoms with Crippen molar-refractivity contribution in [2.24, 2.45) is 23.7 Å². The molecule has 4 saturated heterocycles. The number of amides is 1. The molecular weight excluding hydrogens is 743 g/mol. The van der Waals surface area contributed by atoms with Gasteiger partial charge >= 0.3 is 12.1 Å². The van der Waals surface area contributed by atoms with Gasteiger partial charge in [0, 0.05) is 50.5 Å². The number of fused-ring (bicyclic) bond motifs is 2. The Morgan fingerprint density at radius 3 is 2.26 bits per heavy atom. The van der Waals surface area contributed by atoms with Gasteiger partial charge in [0.05, 0.1) is 29.9 Å². The van der Waals surface area contributed by atoms with Crippen molar-refractivity contribution >= 4 is 34.4 Å². The second-order valence-electron chi connectivity index (χ2n) is 18.1. The van der Waals surface area contributed by atoms with Gasteiger partial charge in [-0.05, 0) is 77.4 Å². The maximum absolute atomic E-state index is 14.8. The summed E-state index contributed by atoms with van der Waals surface area (Å²) in [4.78, 5) is 63.2. The molecule has 1 amide bonds. The molecule has 2 aromatic carbocycles. The van der Waals surface area contributed by atoms with Crippen molar-refractivity contribution in [3.63, 3.8) is 0 Å². The number of hydrogen-bond donors (Lipinski definition) is 1. The number of benzene rings is 2. The maximum atomic E-state index is 14.8. The van der Waals surface area contributed by atoms with E-state index in [0.717, 1.165) is 5.39 Å². The van der Waals surface area contributed by atoms with Gasteiger partial charge in [-0.3, -0.25) is 24.2 Å². The summed E-state index contributed by atoms with van der Waals surface area (Å²) < 4.78 is 31.4. The summed E-state index contributed by atoms with van der Waals surface area (Å²) in [7, 11) is 5.26. The Balaban J connectivity index is 1.32. The van der Waals surface area contributed by atoms with E-state index in [1.165, 1.54) is 25.0 Å². The number of Topliss-reactive ketones (excluding diaryl/α,β-unsaturated/α-hetero) is 2. The topological polar surface area (TPSA) is 144 Å². The Labute approximate surface area is 343 Å². The lowest BCUT2D eigenvalue weighted by molar-refractivity contribution is -0.295. The van der Waals surface area contributed by atoms with E-state index in [9.17, 15) is 24.3 Å². The summed E-state index contributed by atoms with van der Waals surface area (Å²) in [6, 6.07) is 13.3. The summed E-state index contributed by atoms with van der Waals surface area (Å²) in [6.45, 7) is 16.0. The monoisotopic (exact) mass is 807 g/mol. The third kappa shape index (κ3) is 8.19. The lowest BCUT2D eigenvalue weighted by Crippen LogP contribution is -2.65. The summed E-state index contributed by atoms with van der Waals surface area (Å²) in [5.41, 5.74) is -1.46. The molecule has 0 aliphatic carbocycles. The molecule has 1 N–H and O–H groups in total. The molecule has 4 heterocycles. The Kier molecular flexibility index (Phi) is 13.1. The molecule has 13 atom stereocenters. The minimum Gasteiger partial charge on any atom is -0.458 e. The summed E-state index contributed by atoms with van der Waals surface area (Å²) in [5.74, 6) is -4.88. The second-order valence-corrected chi connectivity index (χ2v) is 18.1. The number of nitrogens with zero attached hydrogens (tertiary/aromatic N) is 3. The van der Waals surface area contributed by atoms with E-state index in [-0.39, 0.29) is 36.8 Å². The number of likely N-dealkylation sites (tertiary alicyclic amines) is 1. The van der Waals surface area contributed by atoms with Gasteiger partial charge in [0.25, 0.3) is 0 Å². The highest BCUT2D eigenvalue weighted by Crippen LogP contribution is 2.45. The molecule has 0 bridgehead atoms. The number of aliphatic hydroxyl groups excluding tert-OH is 1. The molecule has 2 aromatic rings. The van der Waals surface area contributed by atoms with Crippen LogP contribution >= 0.6 is 0 Å². The minimum absolute atomic E-state index is 0.130. The van der Waals surface area contributed by atoms with Gasteiger partial charge in [0.15, 0.2) is 17.7 Å². The number of hydrogen-bond acceptors (Lipinski definition) is 12. The van der Waals surface area contributed by atoms with Gasteiger partial charge in [-0.15, -0.1) is 0 Å². The molecule has 58 heavy (non-hydrogen) atoms. The molecule has 0 radical (unpaired) electrons. The maximum Gasteiger partial charge on any atom is 0.411 e. The number of esters is 1. The molecule has 0 aromatic heterocycles. The first-order valence-corrected chi connectivity index (χ1v) is 21.0. The van der Waals surface area contributed by atoms with Crippen LogP contribution in [0.5, 0.6) is 0 Å². The molecule has 4 fully saturated rings. The van der Waals surface area contributed by atoms with Gasteiger partial charge in [-0.2, -0.15) is 0 Å². The Morgan fingerprint density at radius 1 is 0.931 bits per heavy atom. The standard InChI is InChI=1S/C45H65N3O10/c1-12-35-45(8)39(48(43(53)58-45)32-23-47(24-32)22-31-18-15-17-30-16-13-14-19-33(30)31)27(4)36(49)25(2)21-44(7,54-11)40(28(5)37(50)29(6)41(52)56-35)57-42-38(51)34(46(9)10)20-26(3)55-42/h13-19,25-29,32,34-35,38-40,42,51H,12,20-24H2,1-11H3/t25-,26-,27+,28+,29-,34+,35-,38-,39-,40-,42+,44-,45-/m1/s1. The highest BCUT2D eigenvalue weighted by atomic mass is 16.7. The normalized spacial score (nSPS) is 38.6. The number of aliphatic hydroxyl groups is 1. The highest BCUT2D eigenvalue weighted by Gasteiger charge is 2.62. The average Bonchev–Trinajstić information content (AvgIpc) is 3.45. The first kappa shape index (κ1) is 44.1. The van der Waals surface area contributed by atoms with Crippen LogP contribution in [0.4, 0.5) is 4.79 Å². The third-order valence-corrected chi connectivity index (χ3v) is 13.7. The molecule has 13 nitrogen and oxygen atoms in total. The van der Waals surface area contributed by atoms with Gasteiger partial charge in [-0.1, -0.05) is 70.2 Å². The fourth-order valence-corrected chi connectivity index (χ4v) is 10.3. The molecule has 0 unspecified atom stereocenters. The van der Waals surface area contributed by atoms with E-state index >= 15 is 0 Å². The van der Waals surface area contributed by atoms with E-state index in [0.29, 0.717) is 26.1 Å². The molecule has 4 aliphatic heterocycles. The molecule has 13 heteroatoms. The van der Waals surface area contributed by atoms with Gasteiger partial charge in [0.2, 0.25) is 0 Å². The number of carbonyl (C=O) groups is 4. The van der Waals surface area contributed by atoms with Crippen molar-refractivity contribution in [3.8, 4) is 0 Å². The quantitative estimate of drug-likeness (QED) is 0.276. The number of methoxy groups -OCH3 is 1. The fourth-order valence-electron chi connectivity index (χ4n) is 10.3. The number of carbonyl (C=O) groups excluding carboxylic acids is 4. The predicted octanol–water partition coefficient (Wildman–Crippen LogP) is 5.23. The lowest BCUT2D eigenvalue weighted by atomic mass is 9.73. The number of ketones is 2. The van der Waals surface area contributed by atoms with E-state index in [1.54, 1.807) is 25.7 Å². The van der Waals surface area contributed by atoms with E-state index in [2.05, 4.69) is 35.2 Å². The van der Waals surface area contributed by atoms with Crippen LogP contribution < -0.4 is 0 Å². The number of cyclic esters (lactones) is 1. The van der Waals surface area contributed by atoms with Crippen LogP contribution in [-0.2, 0) is 44.6 Å². The zero-order valence-electron chi connectivity index (χ0n) is 36.2. The second kappa shape index (κ2) is 17.3. The van der Waals surface area contributed by atoms with Crippen molar-refractivity contribution in [2.45, 2.75) is 141 Å². The van der Waals surface area contributed by atoms with Crippen molar-refractivity contribution in [3.05, 3.63) is 48.0 Å². The van der Waals surface area contributed by atoms with Crippen LogP contribution in [0.15, 0.2) is 42.5 Å². The SMILES string of the molecule is CC[C@H]1OC(=O)[C@H](C)C(=O)[C@H](C)[C@@H](O[C@@H]2O[C@H](C)C[C@H](N(C)C)[C@H]2O)[C@](C)(OC)C[C@@H](C)C(=O)[C@H](C)[C@H]2N(C3CN(Cc4cccc5ccccc45)C3)C(=O)O[C@]12C. The zero-order chi connectivity index (χ0) is 42.4. The molecule has 0 spiro atoms. The number of ether oxygens (including phenoxy) is 5. The van der Waals surface area contributed by atoms with Crippen LogP contribution in [0.25, 0.3) is 10.8 Å². The molecule has 0 saturated carbocycles. The lowest BCUT2D eigenvalue weighted by Gasteiger charge is -2.49. The summed E-state index contributed by atoms with van der Waals surface area (Å²) >= 11 is 0. The van der Waals surface area contributed by atoms with Crippen molar-refractivity contribution < 1.29 is 48.0 Å². The molecular formula is C45H65N3O10. The van der Waals surface area contributed by atoms with E-state index in [4.69, 9.17) is 23.7 Å². The van der Waals surface area contributed by atoms with E-state index in [1.807, 2.05) is 58.8 Å². The fraction of sp³-hybridized carbons (Fsp3) is 0.689. The number of likely N-dealkylation sites (N-methyl/N-ethyl adjacent to an activating group) is 1. The van der Waals surface area contributed by atoms with Crippen LogP contribution in [0.2, 0.25) is 0 Å². The zero-order valence-corrected chi connectivity index (χ0v) is 36.2. The van der Waals surface area contributed by atoms with Crippen LogP contribution in [0.1, 0.15) is 80.2 Å². The molecule has 6 rings (SSSR count). The van der Waals surface area contributed by atoms with Crippen LogP contribution in [-0.4, -0.2) is 138 Å². The summed E-state index contributed by atoms with van der Waals surface area (Å²) in [6.07, 6.45) is -3.96. The van der Waals surface area contributed by atoms with Gasteiger partial charge < -0.3 is 33.7 Å². The Bertz CT molecular complexity index is 1830. The smallest absolute Gasteiger partial charge is 0.411 e. The Hall–Kier alpha value is -3.46. The largest absolute Gasteiger partial charge is 0.458 e. The van der Waals surface area contributed by atoms with Crippen molar-refractivity contribution in [1.82, 2.24) is 14.7 Å². The van der Waals surface area contributed by atoms with E-state index < -0.39 is 83.4 Å². The highest BCUT2D eigenvalue weighted by molar-refractivity contribution is 6.00. The Morgan fingerprint density at radius 2 is 1.60 bits per heavy atom. The molecule has 4 aliphatic rings. The van der Waals surface area contributed by atoms with Gasteiger partial charge in [0.1, 0.15) is 23.9 Å². The average molecular weight is 808 g/mol. The van der Waals surface area contributed by atoms with Crippen molar-refractivity contribution in [1.29, 1.82) is 0 Å². The molecule has 320 valence electrons. The summed E-state index contributed by atoms with van der Waals surface area (Å²) in [5, 5.41) is 13.8. The first-order valence-electron chi connectivity index (χ1n) is 21.0. The first-order chi connectivity index (χ1) is 27.3. The van der Waals surface area contributed by atoms with Gasteiger partial charge in [-0.25, -0.2) is 4.79 Å². The van der Waals surface area contributed by atoms with Crippen molar-refractivity contribution in [2.75, 3.05) is 34.3 Å². The third-order valence-electron chi connectivity index (χ3n) is 13.7.